The van der Waals surface area contributed by atoms with E-state index in [1.165, 1.54) is 45.7 Å². The van der Waals surface area contributed by atoms with E-state index in [4.69, 9.17) is 18.9 Å². The number of ether oxygens (including phenoxy) is 4. The average Bonchev–Trinajstić information content (AvgIpc) is 2.95. The van der Waals surface area contributed by atoms with Gasteiger partial charge in [0.2, 0.25) is 10.0 Å². The zero-order valence-corrected chi connectivity index (χ0v) is 25.9. The molecule has 0 unspecified atom stereocenters. The maximum absolute atomic E-state index is 13.9. The third-order valence-electron chi connectivity index (χ3n) is 6.15. The van der Waals surface area contributed by atoms with E-state index in [0.717, 1.165) is 4.31 Å². The molecule has 2 heterocycles. The lowest BCUT2D eigenvalue weighted by molar-refractivity contribution is 0.0521. The minimum Gasteiger partial charge on any atom is -0.493 e. The molecule has 1 amide bonds. The van der Waals surface area contributed by atoms with Crippen LogP contribution in [0.15, 0.2) is 36.5 Å². The summed E-state index contributed by atoms with van der Waals surface area (Å²) in [5, 5.41) is 3.01. The molecule has 0 radical (unpaired) electrons. The summed E-state index contributed by atoms with van der Waals surface area (Å²) < 4.78 is 62.5. The van der Waals surface area contributed by atoms with Crippen LogP contribution >= 0.6 is 0 Å². The summed E-state index contributed by atoms with van der Waals surface area (Å²) in [7, 11) is 0.0575. The van der Waals surface area contributed by atoms with E-state index in [9.17, 15) is 22.4 Å². The number of unbranched alkanes of at least 4 members (excludes halogenated alkanes) is 2. The first-order valence-electron chi connectivity index (χ1n) is 13.5. The van der Waals surface area contributed by atoms with Crippen molar-refractivity contribution < 1.29 is 41.3 Å². The molecule has 0 fully saturated rings. The van der Waals surface area contributed by atoms with Crippen molar-refractivity contribution in [2.24, 2.45) is 0 Å². The molecule has 0 atom stereocenters. The van der Waals surface area contributed by atoms with Gasteiger partial charge in [0.05, 0.1) is 26.6 Å². The quantitative estimate of drug-likeness (QED) is 0.212. The number of pyridine rings is 2. The molecule has 0 saturated carbocycles. The molecule has 0 aliphatic rings. The predicted molar refractivity (Wildman–Crippen MR) is 158 cm³/mol. The number of carbonyl (C=O) groups excluding carboxylic acids is 2. The third kappa shape index (κ3) is 8.89. The first-order chi connectivity index (χ1) is 20.3. The summed E-state index contributed by atoms with van der Waals surface area (Å²) in [5.74, 6) is -1.10. The van der Waals surface area contributed by atoms with Crippen LogP contribution in [0, 0.1) is 5.82 Å². The highest BCUT2D eigenvalue weighted by molar-refractivity contribution is 7.92. The molecule has 0 bridgehead atoms. The van der Waals surface area contributed by atoms with Crippen molar-refractivity contribution in [2.75, 3.05) is 37.9 Å². The van der Waals surface area contributed by atoms with Crippen LogP contribution < -0.4 is 19.1 Å². The predicted octanol–water partition coefficient (Wildman–Crippen LogP) is 4.60. The van der Waals surface area contributed by atoms with Gasteiger partial charge in [-0.1, -0.05) is 6.07 Å². The lowest BCUT2D eigenvalue weighted by Gasteiger charge is -2.21. The molecule has 1 N–H and O–H groups in total. The lowest BCUT2D eigenvalue weighted by Crippen LogP contribution is -2.32. The summed E-state index contributed by atoms with van der Waals surface area (Å²) in [5.41, 5.74) is -0.0103. The Labute approximate surface area is 250 Å². The summed E-state index contributed by atoms with van der Waals surface area (Å²) in [6.07, 6.45) is 2.19. The molecule has 0 aliphatic heterocycles. The smallest absolute Gasteiger partial charge is 0.407 e. The Hall–Kier alpha value is -4.20. The Bertz CT molecular complexity index is 1560. The summed E-state index contributed by atoms with van der Waals surface area (Å²) >= 11 is 0. The van der Waals surface area contributed by atoms with Crippen LogP contribution in [0.2, 0.25) is 0 Å². The normalized spacial score (nSPS) is 11.6. The SMILES string of the molecule is COC(=O)c1nc(N(C)S(=O)(=O)CCCCCOc2cc(F)ccc2CNC(=O)OC(C)(C)C)c2cccnc2c1OC. The van der Waals surface area contributed by atoms with Crippen molar-refractivity contribution in [2.45, 2.75) is 52.2 Å². The molecule has 3 rings (SSSR count). The molecular formula is C29H37FN4O8S. The lowest BCUT2D eigenvalue weighted by atomic mass is 10.2. The van der Waals surface area contributed by atoms with Crippen LogP contribution in [0.1, 0.15) is 56.1 Å². The summed E-state index contributed by atoms with van der Waals surface area (Å²) in [6.45, 7) is 5.53. The number of halogens is 1. The monoisotopic (exact) mass is 620 g/mol. The molecule has 0 saturated heterocycles. The van der Waals surface area contributed by atoms with E-state index in [1.54, 1.807) is 32.9 Å². The van der Waals surface area contributed by atoms with Crippen molar-refractivity contribution >= 4 is 38.8 Å². The van der Waals surface area contributed by atoms with Gasteiger partial charge >= 0.3 is 12.1 Å². The second-order valence-electron chi connectivity index (χ2n) is 10.5. The van der Waals surface area contributed by atoms with E-state index in [0.29, 0.717) is 30.2 Å². The fourth-order valence-electron chi connectivity index (χ4n) is 4.07. The standard InChI is InChI=1S/C29H37FN4O8S/c1-29(2,3)42-28(36)32-18-19-12-13-20(30)17-22(19)41-15-8-7-9-16-43(37,38)34(4)26-21-11-10-14-31-23(21)25(39-5)24(33-26)27(35)40-6/h10-14,17H,7-9,15-16,18H2,1-6H3,(H,32,36). The topological polar surface area (TPSA) is 146 Å². The number of methoxy groups -OCH3 is 2. The number of alkyl carbamates (subject to hydrolysis) is 1. The largest absolute Gasteiger partial charge is 0.493 e. The van der Waals surface area contributed by atoms with Crippen LogP contribution in [0.3, 0.4) is 0 Å². The van der Waals surface area contributed by atoms with Crippen molar-refractivity contribution in [3.63, 3.8) is 0 Å². The van der Waals surface area contributed by atoms with Gasteiger partial charge in [0, 0.05) is 36.8 Å². The van der Waals surface area contributed by atoms with E-state index >= 15 is 0 Å². The van der Waals surface area contributed by atoms with Gasteiger partial charge in [0.1, 0.15) is 22.7 Å². The minimum atomic E-state index is -3.85. The second-order valence-corrected chi connectivity index (χ2v) is 12.6. The highest BCUT2D eigenvalue weighted by Crippen LogP contribution is 2.34. The highest BCUT2D eigenvalue weighted by Gasteiger charge is 2.27. The van der Waals surface area contributed by atoms with E-state index in [-0.39, 0.29) is 47.4 Å². The molecule has 2 aromatic heterocycles. The van der Waals surface area contributed by atoms with Gasteiger partial charge in [-0.15, -0.1) is 0 Å². The van der Waals surface area contributed by atoms with Gasteiger partial charge in [-0.05, 0) is 58.2 Å². The maximum atomic E-state index is 13.9. The molecule has 12 nitrogen and oxygen atoms in total. The first-order valence-corrected chi connectivity index (χ1v) is 15.1. The number of amides is 1. The average molecular weight is 621 g/mol. The van der Waals surface area contributed by atoms with Crippen LogP contribution in [0.25, 0.3) is 10.9 Å². The van der Waals surface area contributed by atoms with E-state index in [2.05, 4.69) is 15.3 Å². The Balaban J connectivity index is 1.60. The second kappa shape index (κ2) is 14.3. The fraction of sp³-hybridized carbons (Fsp3) is 0.448. The maximum Gasteiger partial charge on any atom is 0.407 e. The number of carbonyl (C=O) groups is 2. The molecular weight excluding hydrogens is 583 g/mol. The van der Waals surface area contributed by atoms with Crippen LogP contribution in [-0.4, -0.2) is 69.7 Å². The number of esters is 1. The van der Waals surface area contributed by atoms with Gasteiger partial charge in [-0.25, -0.2) is 27.4 Å². The number of nitrogens with zero attached hydrogens (tertiary/aromatic N) is 3. The molecule has 43 heavy (non-hydrogen) atoms. The number of benzene rings is 1. The number of sulfonamides is 1. The number of nitrogens with one attached hydrogen (secondary N) is 1. The van der Waals surface area contributed by atoms with Crippen molar-refractivity contribution in [1.29, 1.82) is 0 Å². The van der Waals surface area contributed by atoms with Crippen LogP contribution in [-0.2, 0) is 26.0 Å². The van der Waals surface area contributed by atoms with Crippen LogP contribution in [0.5, 0.6) is 11.5 Å². The third-order valence-corrected chi connectivity index (χ3v) is 7.96. The van der Waals surface area contributed by atoms with Gasteiger partial charge in [0.25, 0.3) is 0 Å². The molecule has 0 spiro atoms. The van der Waals surface area contributed by atoms with Gasteiger partial charge in [0.15, 0.2) is 17.3 Å². The van der Waals surface area contributed by atoms with Crippen molar-refractivity contribution in [3.05, 3.63) is 53.6 Å². The number of anilines is 1. The Morgan fingerprint density at radius 1 is 1.09 bits per heavy atom. The number of rotatable bonds is 13. The number of hydrogen-bond acceptors (Lipinski definition) is 10. The first kappa shape index (κ1) is 33.3. The molecule has 3 aromatic rings. The summed E-state index contributed by atoms with van der Waals surface area (Å²) in [6, 6.07) is 7.28. The number of fused-ring (bicyclic) bond motifs is 1. The highest BCUT2D eigenvalue weighted by atomic mass is 32.2. The zero-order chi connectivity index (χ0) is 31.8. The number of aromatic nitrogens is 2. The van der Waals surface area contributed by atoms with Gasteiger partial charge in [-0.3, -0.25) is 9.29 Å². The molecule has 234 valence electrons. The van der Waals surface area contributed by atoms with Gasteiger partial charge < -0.3 is 24.3 Å². The van der Waals surface area contributed by atoms with E-state index in [1.807, 2.05) is 0 Å². The van der Waals surface area contributed by atoms with Gasteiger partial charge in [-0.2, -0.15) is 0 Å². The Kier molecular flexibility index (Phi) is 11.1. The molecule has 14 heteroatoms. The van der Waals surface area contributed by atoms with Crippen molar-refractivity contribution in [3.8, 4) is 11.5 Å². The van der Waals surface area contributed by atoms with Crippen LogP contribution in [0.4, 0.5) is 15.0 Å². The molecule has 1 aromatic carbocycles. The summed E-state index contributed by atoms with van der Waals surface area (Å²) in [4.78, 5) is 32.9. The number of hydrogen-bond donors (Lipinski definition) is 1. The fourth-order valence-corrected chi connectivity index (χ4v) is 5.31. The molecule has 0 aliphatic carbocycles. The van der Waals surface area contributed by atoms with Crippen molar-refractivity contribution in [1.82, 2.24) is 15.3 Å². The minimum absolute atomic E-state index is 0.0197. The Morgan fingerprint density at radius 2 is 1.84 bits per heavy atom. The zero-order valence-electron chi connectivity index (χ0n) is 25.1. The Morgan fingerprint density at radius 3 is 2.51 bits per heavy atom. The van der Waals surface area contributed by atoms with E-state index < -0.39 is 33.5 Å².